The van der Waals surface area contributed by atoms with Gasteiger partial charge in [-0.05, 0) is 12.8 Å². The Bertz CT molecular complexity index is 391. The summed E-state index contributed by atoms with van der Waals surface area (Å²) in [6.45, 7) is 0.874. The summed E-state index contributed by atoms with van der Waals surface area (Å²) in [5.74, 6) is 0.628. The van der Waals surface area contributed by atoms with Crippen molar-refractivity contribution in [1.82, 2.24) is 9.97 Å². The van der Waals surface area contributed by atoms with Crippen LogP contribution in [0.3, 0.4) is 0 Å². The third kappa shape index (κ3) is 2.32. The molecule has 0 aliphatic carbocycles. The Morgan fingerprint density at radius 1 is 1.41 bits per heavy atom. The number of hydrogen-bond donors (Lipinski definition) is 1. The first kappa shape index (κ1) is 12.1. The Morgan fingerprint density at radius 3 is 2.82 bits per heavy atom. The molecular weight excluding hydrogens is 224 g/mol. The van der Waals surface area contributed by atoms with Crippen LogP contribution >= 0.6 is 0 Å². The highest BCUT2D eigenvalue weighted by atomic mass is 16.5. The smallest absolute Gasteiger partial charge is 0.241 e. The summed E-state index contributed by atoms with van der Waals surface area (Å²) in [7, 11) is 2.99. The average Bonchev–Trinajstić information content (AvgIpc) is 2.38. The molecule has 1 atom stereocenters. The van der Waals surface area contributed by atoms with Crippen molar-refractivity contribution in [3.05, 3.63) is 11.9 Å². The standard InChI is InChI=1S/C11H16N2O4/c1-15-8-6-12-9(10(13-8)16-2)11(14)4-3-5-17-7-11/h6,14H,3-5,7H2,1-2H3. The fourth-order valence-electron chi connectivity index (χ4n) is 1.88. The lowest BCUT2D eigenvalue weighted by Gasteiger charge is -2.31. The summed E-state index contributed by atoms with van der Waals surface area (Å²) >= 11 is 0. The molecule has 0 saturated carbocycles. The van der Waals surface area contributed by atoms with Crippen LogP contribution in [0.2, 0.25) is 0 Å². The van der Waals surface area contributed by atoms with Crippen LogP contribution in [0.25, 0.3) is 0 Å². The number of aromatic nitrogens is 2. The zero-order valence-electron chi connectivity index (χ0n) is 9.97. The SMILES string of the molecule is COc1cnc(C2(O)CCCOC2)c(OC)n1. The molecule has 1 aliphatic rings. The molecule has 1 unspecified atom stereocenters. The van der Waals surface area contributed by atoms with Crippen molar-refractivity contribution in [2.24, 2.45) is 0 Å². The normalized spacial score (nSPS) is 24.4. The van der Waals surface area contributed by atoms with Gasteiger partial charge in [0.25, 0.3) is 0 Å². The van der Waals surface area contributed by atoms with Gasteiger partial charge in [0.15, 0.2) is 0 Å². The van der Waals surface area contributed by atoms with Gasteiger partial charge < -0.3 is 19.3 Å². The molecular formula is C11H16N2O4. The number of methoxy groups -OCH3 is 2. The second-order valence-electron chi connectivity index (χ2n) is 3.96. The summed E-state index contributed by atoms with van der Waals surface area (Å²) in [5, 5.41) is 10.5. The molecule has 1 saturated heterocycles. The van der Waals surface area contributed by atoms with Gasteiger partial charge in [-0.25, -0.2) is 4.98 Å². The van der Waals surface area contributed by atoms with E-state index in [-0.39, 0.29) is 12.5 Å². The molecule has 1 aliphatic heterocycles. The van der Waals surface area contributed by atoms with Crippen molar-refractivity contribution in [3.8, 4) is 11.8 Å². The van der Waals surface area contributed by atoms with E-state index in [1.165, 1.54) is 20.4 Å². The molecule has 0 bridgehead atoms. The van der Waals surface area contributed by atoms with Crippen molar-refractivity contribution >= 4 is 0 Å². The first-order valence-corrected chi connectivity index (χ1v) is 5.45. The lowest BCUT2D eigenvalue weighted by Crippen LogP contribution is -2.37. The summed E-state index contributed by atoms with van der Waals surface area (Å²) in [6, 6.07) is 0. The highest BCUT2D eigenvalue weighted by Crippen LogP contribution is 2.34. The first-order chi connectivity index (χ1) is 8.19. The third-order valence-electron chi connectivity index (χ3n) is 2.78. The van der Waals surface area contributed by atoms with Crippen molar-refractivity contribution in [3.63, 3.8) is 0 Å². The van der Waals surface area contributed by atoms with Gasteiger partial charge in [0, 0.05) is 6.61 Å². The van der Waals surface area contributed by atoms with Gasteiger partial charge in [0.2, 0.25) is 11.8 Å². The van der Waals surface area contributed by atoms with Gasteiger partial charge in [0.1, 0.15) is 11.3 Å². The number of ether oxygens (including phenoxy) is 3. The van der Waals surface area contributed by atoms with E-state index in [1.54, 1.807) is 0 Å². The number of rotatable bonds is 3. The number of hydrogen-bond acceptors (Lipinski definition) is 6. The average molecular weight is 240 g/mol. The second kappa shape index (κ2) is 4.85. The molecule has 1 aromatic rings. The van der Waals surface area contributed by atoms with E-state index < -0.39 is 5.60 Å². The van der Waals surface area contributed by atoms with Crippen LogP contribution in [-0.2, 0) is 10.3 Å². The quantitative estimate of drug-likeness (QED) is 0.829. The van der Waals surface area contributed by atoms with E-state index in [1.807, 2.05) is 0 Å². The molecule has 94 valence electrons. The van der Waals surface area contributed by atoms with Crippen LogP contribution in [0.4, 0.5) is 0 Å². The zero-order chi connectivity index (χ0) is 12.3. The molecule has 1 aromatic heterocycles. The lowest BCUT2D eigenvalue weighted by molar-refractivity contribution is -0.0941. The van der Waals surface area contributed by atoms with E-state index in [4.69, 9.17) is 14.2 Å². The molecule has 1 N–H and O–H groups in total. The van der Waals surface area contributed by atoms with Crippen LogP contribution in [0.15, 0.2) is 6.20 Å². The number of nitrogens with zero attached hydrogens (tertiary/aromatic N) is 2. The first-order valence-electron chi connectivity index (χ1n) is 5.45. The van der Waals surface area contributed by atoms with E-state index in [9.17, 15) is 5.11 Å². The lowest BCUT2D eigenvalue weighted by atomic mass is 9.93. The summed E-state index contributed by atoms with van der Waals surface area (Å²) in [5.41, 5.74) is -0.719. The van der Waals surface area contributed by atoms with Gasteiger partial charge in [-0.15, -0.1) is 0 Å². The second-order valence-corrected chi connectivity index (χ2v) is 3.96. The molecule has 1 fully saturated rings. The van der Waals surface area contributed by atoms with E-state index in [0.717, 1.165) is 6.42 Å². The largest absolute Gasteiger partial charge is 0.480 e. The van der Waals surface area contributed by atoms with Gasteiger partial charge in [-0.3, -0.25) is 0 Å². The molecule has 6 nitrogen and oxygen atoms in total. The van der Waals surface area contributed by atoms with Gasteiger partial charge in [-0.2, -0.15) is 4.98 Å². The van der Waals surface area contributed by atoms with Crippen LogP contribution in [0, 0.1) is 0 Å². The third-order valence-corrected chi connectivity index (χ3v) is 2.78. The van der Waals surface area contributed by atoms with Crippen LogP contribution in [0.5, 0.6) is 11.8 Å². The van der Waals surface area contributed by atoms with E-state index in [2.05, 4.69) is 9.97 Å². The maximum atomic E-state index is 10.5. The molecule has 0 amide bonds. The summed E-state index contributed by atoms with van der Waals surface area (Å²) in [4.78, 5) is 8.28. The Labute approximate surface area is 99.6 Å². The monoisotopic (exact) mass is 240 g/mol. The van der Waals surface area contributed by atoms with E-state index in [0.29, 0.717) is 24.6 Å². The maximum Gasteiger partial charge on any atom is 0.241 e. The van der Waals surface area contributed by atoms with Gasteiger partial charge in [-0.1, -0.05) is 0 Å². The Hall–Kier alpha value is -1.40. The predicted octanol–water partition coefficient (Wildman–Crippen LogP) is 0.492. The topological polar surface area (TPSA) is 73.7 Å². The fraction of sp³-hybridized carbons (Fsp3) is 0.636. The minimum Gasteiger partial charge on any atom is -0.480 e. The fourth-order valence-corrected chi connectivity index (χ4v) is 1.88. The van der Waals surface area contributed by atoms with E-state index >= 15 is 0 Å². The summed E-state index contributed by atoms with van der Waals surface area (Å²) < 4.78 is 15.4. The van der Waals surface area contributed by atoms with Crippen molar-refractivity contribution in [2.75, 3.05) is 27.4 Å². The van der Waals surface area contributed by atoms with Crippen molar-refractivity contribution in [1.29, 1.82) is 0 Å². The molecule has 6 heteroatoms. The Balaban J connectivity index is 2.36. The van der Waals surface area contributed by atoms with Crippen molar-refractivity contribution in [2.45, 2.75) is 18.4 Å². The molecule has 0 radical (unpaired) electrons. The number of aliphatic hydroxyl groups is 1. The van der Waals surface area contributed by atoms with Crippen LogP contribution in [0.1, 0.15) is 18.5 Å². The molecule has 0 aromatic carbocycles. The molecule has 17 heavy (non-hydrogen) atoms. The Morgan fingerprint density at radius 2 is 2.24 bits per heavy atom. The van der Waals surface area contributed by atoms with Crippen LogP contribution in [-0.4, -0.2) is 42.5 Å². The van der Waals surface area contributed by atoms with Gasteiger partial charge in [0.05, 0.1) is 27.0 Å². The maximum absolute atomic E-state index is 10.5. The summed E-state index contributed by atoms with van der Waals surface area (Å²) in [6.07, 6.45) is 2.84. The van der Waals surface area contributed by atoms with Crippen LogP contribution < -0.4 is 9.47 Å². The molecule has 0 spiro atoms. The zero-order valence-corrected chi connectivity index (χ0v) is 9.97. The molecule has 2 rings (SSSR count). The highest BCUT2D eigenvalue weighted by Gasteiger charge is 2.37. The van der Waals surface area contributed by atoms with Gasteiger partial charge >= 0.3 is 0 Å². The van der Waals surface area contributed by atoms with Crippen molar-refractivity contribution < 1.29 is 19.3 Å². The predicted molar refractivity (Wildman–Crippen MR) is 59.1 cm³/mol. The molecule has 2 heterocycles. The minimum absolute atomic E-state index is 0.213. The minimum atomic E-state index is -1.12. The Kier molecular flexibility index (Phi) is 3.44. The highest BCUT2D eigenvalue weighted by molar-refractivity contribution is 5.28.